The predicted molar refractivity (Wildman–Crippen MR) is 147 cm³/mol. The zero-order chi connectivity index (χ0) is 27.2. The molecule has 0 fully saturated rings. The number of benzene rings is 3. The van der Waals surface area contributed by atoms with Gasteiger partial charge >= 0.3 is 0 Å². The van der Waals surface area contributed by atoms with E-state index in [1.165, 1.54) is 17.0 Å². The van der Waals surface area contributed by atoms with E-state index in [-0.39, 0.29) is 23.4 Å². The number of nitrogens with one attached hydrogen (secondary N) is 1. The number of carbonyl (C=O) groups excluding carboxylic acids is 2. The summed E-state index contributed by atoms with van der Waals surface area (Å²) in [7, 11) is -4.06. The van der Waals surface area contributed by atoms with Gasteiger partial charge in [-0.15, -0.1) is 0 Å². The lowest BCUT2D eigenvalue weighted by atomic mass is 10.1. The Labute approximate surface area is 220 Å². The maximum atomic E-state index is 13.9. The summed E-state index contributed by atoms with van der Waals surface area (Å²) >= 11 is 0. The number of amides is 2. The summed E-state index contributed by atoms with van der Waals surface area (Å²) in [6.45, 7) is 8.89. The van der Waals surface area contributed by atoms with Gasteiger partial charge in [0.05, 0.1) is 10.6 Å². The fraction of sp³-hybridized carbons (Fsp3) is 0.310. The van der Waals surface area contributed by atoms with Crippen LogP contribution < -0.4 is 9.62 Å². The van der Waals surface area contributed by atoms with Crippen LogP contribution in [0.25, 0.3) is 0 Å². The van der Waals surface area contributed by atoms with Gasteiger partial charge in [-0.1, -0.05) is 60.2 Å². The third-order valence-corrected chi connectivity index (χ3v) is 7.72. The van der Waals surface area contributed by atoms with E-state index in [2.05, 4.69) is 5.32 Å². The van der Waals surface area contributed by atoms with Gasteiger partial charge in [0.15, 0.2) is 0 Å². The predicted octanol–water partition coefficient (Wildman–Crippen LogP) is 4.44. The average Bonchev–Trinajstić information content (AvgIpc) is 2.85. The highest BCUT2D eigenvalue weighted by Gasteiger charge is 2.32. The van der Waals surface area contributed by atoms with Crippen molar-refractivity contribution in [1.29, 1.82) is 0 Å². The lowest BCUT2D eigenvalue weighted by Crippen LogP contribution is -2.52. The first-order valence-corrected chi connectivity index (χ1v) is 13.7. The van der Waals surface area contributed by atoms with E-state index in [4.69, 9.17) is 0 Å². The van der Waals surface area contributed by atoms with Crippen molar-refractivity contribution in [2.75, 3.05) is 10.8 Å². The number of aryl methyl sites for hydroxylation is 2. The number of hydrogen-bond acceptors (Lipinski definition) is 4. The van der Waals surface area contributed by atoms with Gasteiger partial charge in [0.2, 0.25) is 11.8 Å². The van der Waals surface area contributed by atoms with Crippen molar-refractivity contribution in [1.82, 2.24) is 10.2 Å². The van der Waals surface area contributed by atoms with Gasteiger partial charge in [-0.2, -0.15) is 0 Å². The van der Waals surface area contributed by atoms with Crippen LogP contribution in [0.1, 0.15) is 37.5 Å². The second-order valence-corrected chi connectivity index (χ2v) is 11.4. The second kappa shape index (κ2) is 12.1. The molecule has 0 aliphatic rings. The van der Waals surface area contributed by atoms with Gasteiger partial charge in [-0.25, -0.2) is 8.42 Å². The molecule has 3 aromatic carbocycles. The Morgan fingerprint density at radius 3 is 2.05 bits per heavy atom. The minimum atomic E-state index is -4.06. The molecule has 0 aliphatic heterocycles. The Balaban J connectivity index is 2.02. The normalized spacial score (nSPS) is 12.2. The van der Waals surface area contributed by atoms with Gasteiger partial charge in [-0.05, 0) is 70.0 Å². The first kappa shape index (κ1) is 27.9. The second-order valence-electron chi connectivity index (χ2n) is 9.51. The Kier molecular flexibility index (Phi) is 9.10. The van der Waals surface area contributed by atoms with E-state index in [9.17, 15) is 18.0 Å². The maximum absolute atomic E-state index is 13.9. The Morgan fingerprint density at radius 1 is 0.838 bits per heavy atom. The number of nitrogens with zero attached hydrogens (tertiary/aromatic N) is 2. The Hall–Kier alpha value is -3.65. The monoisotopic (exact) mass is 521 g/mol. The molecule has 0 heterocycles. The third-order valence-electron chi connectivity index (χ3n) is 5.93. The van der Waals surface area contributed by atoms with Crippen molar-refractivity contribution in [3.8, 4) is 0 Å². The van der Waals surface area contributed by atoms with E-state index in [1.54, 1.807) is 43.3 Å². The fourth-order valence-electron chi connectivity index (χ4n) is 4.03. The summed E-state index contributed by atoms with van der Waals surface area (Å²) in [6, 6.07) is 21.8. The molecule has 0 aromatic heterocycles. The van der Waals surface area contributed by atoms with Crippen LogP contribution in [-0.2, 0) is 26.2 Å². The van der Waals surface area contributed by atoms with Gasteiger partial charge in [0.25, 0.3) is 10.0 Å². The standard InChI is InChI=1S/C29H35N3O4S/c1-21(2)30-29(34)24(5)31(19-25-13-9-11-22(3)17-25)28(33)20-32(26-14-10-12-23(4)18-26)37(35,36)27-15-7-6-8-16-27/h6-18,21,24H,19-20H2,1-5H3,(H,30,34)/t24-/m0/s1. The maximum Gasteiger partial charge on any atom is 0.264 e. The van der Waals surface area contributed by atoms with Crippen LogP contribution in [0.2, 0.25) is 0 Å². The molecule has 0 radical (unpaired) electrons. The van der Waals surface area contributed by atoms with Crippen LogP contribution >= 0.6 is 0 Å². The highest BCUT2D eigenvalue weighted by molar-refractivity contribution is 7.92. The zero-order valence-corrected chi connectivity index (χ0v) is 22.8. The SMILES string of the molecule is Cc1cccc(CN(C(=O)CN(c2cccc(C)c2)S(=O)(=O)c2ccccc2)[C@@H](C)C(=O)NC(C)C)c1. The summed E-state index contributed by atoms with van der Waals surface area (Å²) in [5.74, 6) is -0.780. The van der Waals surface area contributed by atoms with Crippen molar-refractivity contribution in [2.45, 2.75) is 58.1 Å². The summed E-state index contributed by atoms with van der Waals surface area (Å²) < 4.78 is 28.6. The van der Waals surface area contributed by atoms with Gasteiger partial charge in [-0.3, -0.25) is 13.9 Å². The number of rotatable bonds is 10. The first-order valence-electron chi connectivity index (χ1n) is 12.3. The van der Waals surface area contributed by atoms with Crippen LogP contribution in [0.4, 0.5) is 5.69 Å². The summed E-state index contributed by atoms with van der Waals surface area (Å²) in [6.07, 6.45) is 0. The number of anilines is 1. The third kappa shape index (κ3) is 7.20. The molecule has 0 saturated carbocycles. The molecule has 37 heavy (non-hydrogen) atoms. The molecule has 2 amide bonds. The molecule has 7 nitrogen and oxygen atoms in total. The van der Waals surface area contributed by atoms with Gasteiger partial charge in [0.1, 0.15) is 12.6 Å². The van der Waals surface area contributed by atoms with E-state index >= 15 is 0 Å². The van der Waals surface area contributed by atoms with Crippen LogP contribution in [0.15, 0.2) is 83.8 Å². The first-order chi connectivity index (χ1) is 17.5. The lowest BCUT2D eigenvalue weighted by Gasteiger charge is -2.32. The highest BCUT2D eigenvalue weighted by atomic mass is 32.2. The van der Waals surface area contributed by atoms with Crippen LogP contribution in [0.3, 0.4) is 0 Å². The van der Waals surface area contributed by atoms with E-state index in [1.807, 2.05) is 58.0 Å². The molecule has 3 rings (SSSR count). The largest absolute Gasteiger partial charge is 0.352 e. The smallest absolute Gasteiger partial charge is 0.264 e. The van der Waals surface area contributed by atoms with Gasteiger partial charge in [0, 0.05) is 12.6 Å². The number of hydrogen-bond donors (Lipinski definition) is 1. The minimum absolute atomic E-state index is 0.0835. The molecule has 0 saturated heterocycles. The fourth-order valence-corrected chi connectivity index (χ4v) is 5.45. The summed E-state index contributed by atoms with van der Waals surface area (Å²) in [4.78, 5) is 28.3. The Bertz CT molecular complexity index is 1340. The number of carbonyl (C=O) groups is 2. The van der Waals surface area contributed by atoms with E-state index in [0.29, 0.717) is 5.69 Å². The molecule has 1 atom stereocenters. The topological polar surface area (TPSA) is 86.8 Å². The molecule has 0 spiro atoms. The molecule has 196 valence electrons. The number of sulfonamides is 1. The van der Waals surface area contributed by atoms with E-state index < -0.39 is 28.5 Å². The van der Waals surface area contributed by atoms with Crippen LogP contribution in [-0.4, -0.2) is 43.8 Å². The minimum Gasteiger partial charge on any atom is -0.352 e. The molecule has 0 unspecified atom stereocenters. The van der Waals surface area contributed by atoms with Crippen molar-refractivity contribution in [2.24, 2.45) is 0 Å². The van der Waals surface area contributed by atoms with Crippen LogP contribution in [0.5, 0.6) is 0 Å². The summed E-state index contributed by atoms with van der Waals surface area (Å²) in [5, 5.41) is 2.86. The lowest BCUT2D eigenvalue weighted by molar-refractivity contribution is -0.139. The average molecular weight is 522 g/mol. The highest BCUT2D eigenvalue weighted by Crippen LogP contribution is 2.25. The zero-order valence-electron chi connectivity index (χ0n) is 22.0. The molecule has 3 aromatic rings. The quantitative estimate of drug-likeness (QED) is 0.427. The van der Waals surface area contributed by atoms with Crippen molar-refractivity contribution in [3.63, 3.8) is 0 Å². The molecule has 0 bridgehead atoms. The van der Waals surface area contributed by atoms with Crippen LogP contribution in [0, 0.1) is 13.8 Å². The molecule has 8 heteroatoms. The molecular formula is C29H35N3O4S. The van der Waals surface area contributed by atoms with Gasteiger partial charge < -0.3 is 10.2 Å². The Morgan fingerprint density at radius 2 is 1.46 bits per heavy atom. The van der Waals surface area contributed by atoms with Crippen molar-refractivity contribution >= 4 is 27.5 Å². The molecule has 0 aliphatic carbocycles. The van der Waals surface area contributed by atoms with Crippen molar-refractivity contribution in [3.05, 3.63) is 95.6 Å². The van der Waals surface area contributed by atoms with Crippen molar-refractivity contribution < 1.29 is 18.0 Å². The molecular weight excluding hydrogens is 486 g/mol. The molecule has 1 N–H and O–H groups in total. The summed E-state index contributed by atoms with van der Waals surface area (Å²) in [5.41, 5.74) is 3.12. The van der Waals surface area contributed by atoms with E-state index in [0.717, 1.165) is 21.0 Å².